The van der Waals surface area contributed by atoms with Crippen LogP contribution in [0.2, 0.25) is 0 Å². The first-order chi connectivity index (χ1) is 15.2. The molecule has 2 bridgehead atoms. The molecule has 5 unspecified atom stereocenters. The average Bonchev–Trinajstić information content (AvgIpc) is 2.62. The monoisotopic (exact) mass is 553 g/mol. The largest absolute Gasteiger partial charge is 0.515 e. The molecule has 2 aliphatic rings. The highest BCUT2D eigenvalue weighted by Gasteiger charge is 2.33. The van der Waals surface area contributed by atoms with Gasteiger partial charge in [-0.2, -0.15) is 4.89 Å². The molecule has 2 fully saturated rings. The molecule has 0 amide bonds. The van der Waals surface area contributed by atoms with Crippen LogP contribution < -0.4 is 0 Å². The maximum atomic E-state index is 12.4. The molecular weight excluding hydrogens is 516 g/mol. The fourth-order valence-electron chi connectivity index (χ4n) is 4.25. The molecule has 0 saturated carbocycles. The van der Waals surface area contributed by atoms with Gasteiger partial charge >= 0.3 is 15.6 Å². The molecule has 0 aromatic rings. The van der Waals surface area contributed by atoms with Crippen LogP contribution in [-0.2, 0) is 18.3 Å². The molecule has 13 nitrogen and oxygen atoms in total. The number of fused-ring (bicyclic) bond motifs is 3. The molecule has 17 heteroatoms. The van der Waals surface area contributed by atoms with E-state index in [2.05, 4.69) is 9.80 Å². The zero-order valence-electron chi connectivity index (χ0n) is 18.8. The van der Waals surface area contributed by atoms with Crippen molar-refractivity contribution in [1.82, 2.24) is 19.6 Å². The standard InChI is InChI=1S/C16H36N4O9P4/c21-30(22)15-31(23,24)13-19-5-1-3-18-8-7-17(9-11-19)4-2-6-20(12-10-18)14-32(25,26)16-33(27,28)29/h1-16H2,(H4-,21,22,23,24,25,26,27,28,29)/p+1. The second-order valence-corrected chi connectivity index (χ2v) is 17.1. The molecule has 5 atom stereocenters. The smallest absolute Gasteiger partial charge is 0.343 e. The van der Waals surface area contributed by atoms with E-state index in [1.54, 1.807) is 0 Å². The minimum absolute atomic E-state index is 0.110. The minimum atomic E-state index is -4.58. The second kappa shape index (κ2) is 13.1. The predicted octanol–water partition coefficient (Wildman–Crippen LogP) is 0.285. The summed E-state index contributed by atoms with van der Waals surface area (Å²) in [4.78, 5) is 55.5. The van der Waals surface area contributed by atoms with Crippen molar-refractivity contribution in [3.8, 4) is 0 Å². The van der Waals surface area contributed by atoms with Gasteiger partial charge in [-0.15, -0.1) is 0 Å². The van der Waals surface area contributed by atoms with Crippen LogP contribution in [0.25, 0.3) is 0 Å². The Labute approximate surface area is 195 Å². The zero-order chi connectivity index (χ0) is 24.7. The molecule has 2 saturated heterocycles. The van der Waals surface area contributed by atoms with Crippen LogP contribution in [0.5, 0.6) is 0 Å². The van der Waals surface area contributed by atoms with Crippen molar-refractivity contribution in [2.24, 2.45) is 0 Å². The highest BCUT2D eigenvalue weighted by atomic mass is 31.2. The van der Waals surface area contributed by atoms with Gasteiger partial charge < -0.3 is 29.4 Å². The Morgan fingerprint density at radius 1 is 0.636 bits per heavy atom. The Hall–Kier alpha value is 0.430. The van der Waals surface area contributed by atoms with E-state index in [1.807, 2.05) is 9.80 Å². The van der Waals surface area contributed by atoms with Crippen molar-refractivity contribution in [2.75, 3.05) is 89.8 Å². The van der Waals surface area contributed by atoms with E-state index >= 15 is 0 Å². The zero-order valence-corrected chi connectivity index (χ0v) is 22.3. The Morgan fingerprint density at radius 2 is 1.06 bits per heavy atom. The molecule has 5 N–H and O–H groups in total. The molecular formula is C16H37N4O9P4+. The number of nitrogens with zero attached hydrogens (tertiary/aromatic N) is 4. The summed E-state index contributed by atoms with van der Waals surface area (Å²) in [6.07, 6.45) is 1.08. The van der Waals surface area contributed by atoms with Crippen molar-refractivity contribution >= 4 is 30.4 Å². The summed E-state index contributed by atoms with van der Waals surface area (Å²) in [6, 6.07) is 0. The molecule has 0 aliphatic carbocycles. The first-order valence-corrected chi connectivity index (χ1v) is 18.2. The summed E-state index contributed by atoms with van der Waals surface area (Å²) in [5.74, 6) is -1.61. The lowest BCUT2D eigenvalue weighted by Gasteiger charge is -2.36. The molecule has 33 heavy (non-hydrogen) atoms. The van der Waals surface area contributed by atoms with Crippen molar-refractivity contribution < 1.29 is 42.7 Å². The van der Waals surface area contributed by atoms with E-state index < -0.39 is 42.2 Å². The van der Waals surface area contributed by atoms with Gasteiger partial charge in [0.05, 0.1) is 12.6 Å². The molecule has 2 rings (SSSR count). The summed E-state index contributed by atoms with van der Waals surface area (Å²) < 4.78 is 46.9. The van der Waals surface area contributed by atoms with E-state index in [0.29, 0.717) is 52.2 Å². The summed E-state index contributed by atoms with van der Waals surface area (Å²) in [5, 5.41) is 0. The third-order valence-corrected chi connectivity index (χ3v) is 13.3. The average molecular weight is 553 g/mol. The number of hydrogen-bond acceptors (Lipinski definition) is 8. The van der Waals surface area contributed by atoms with Crippen LogP contribution in [-0.4, -0.2) is 134 Å². The predicted molar refractivity (Wildman–Crippen MR) is 126 cm³/mol. The summed E-state index contributed by atoms with van der Waals surface area (Å²) in [6.45, 7) is 6.54. The lowest BCUT2D eigenvalue weighted by atomic mass is 10.2. The molecule has 0 aromatic carbocycles. The Bertz CT molecular complexity index is 798. The van der Waals surface area contributed by atoms with Crippen LogP contribution in [0.15, 0.2) is 0 Å². The van der Waals surface area contributed by atoms with Gasteiger partial charge in [-0.05, 0) is 43.6 Å². The molecule has 0 radical (unpaired) electrons. The Kier molecular flexibility index (Phi) is 11.8. The van der Waals surface area contributed by atoms with Gasteiger partial charge in [-0.3, -0.25) is 23.5 Å². The molecule has 2 aliphatic heterocycles. The summed E-state index contributed by atoms with van der Waals surface area (Å²) >= 11 is 0. The van der Waals surface area contributed by atoms with E-state index in [0.717, 1.165) is 26.1 Å². The molecule has 0 aromatic heterocycles. The SMILES string of the molecule is O=[P+](O)CP(=O)(O)CN1CCCN2CCN(CCCN(CP(=O)(O)CP(=O)(O)O)CC2)CC1. The highest BCUT2D eigenvalue weighted by Crippen LogP contribution is 2.54. The van der Waals surface area contributed by atoms with Crippen LogP contribution >= 0.6 is 30.4 Å². The molecule has 194 valence electrons. The minimum Gasteiger partial charge on any atom is -0.343 e. The van der Waals surface area contributed by atoms with Crippen LogP contribution in [0.4, 0.5) is 0 Å². The van der Waals surface area contributed by atoms with Crippen molar-refractivity contribution in [2.45, 2.75) is 12.8 Å². The quantitative estimate of drug-likeness (QED) is 0.259. The third-order valence-electron chi connectivity index (χ3n) is 5.68. The first kappa shape index (κ1) is 29.7. The Balaban J connectivity index is 2.00. The fraction of sp³-hybridized carbons (Fsp3) is 1.00. The number of hydrogen-bond donors (Lipinski definition) is 5. The van der Waals surface area contributed by atoms with Gasteiger partial charge in [0.25, 0.3) is 13.3 Å². The van der Waals surface area contributed by atoms with E-state index in [1.165, 1.54) is 0 Å². The van der Waals surface area contributed by atoms with Crippen molar-refractivity contribution in [1.29, 1.82) is 0 Å². The normalized spacial score (nSPS) is 29.1. The van der Waals surface area contributed by atoms with Crippen LogP contribution in [0, 0.1) is 0 Å². The van der Waals surface area contributed by atoms with E-state index in [9.17, 15) is 28.0 Å². The second-order valence-electron chi connectivity index (χ2n) is 8.90. The van der Waals surface area contributed by atoms with Gasteiger partial charge in [-0.1, -0.05) is 0 Å². The van der Waals surface area contributed by atoms with Crippen LogP contribution in [0.1, 0.15) is 12.8 Å². The van der Waals surface area contributed by atoms with Crippen LogP contribution in [0.3, 0.4) is 0 Å². The van der Waals surface area contributed by atoms with E-state index in [-0.39, 0.29) is 12.6 Å². The summed E-state index contributed by atoms with van der Waals surface area (Å²) in [7, 11) is -15.0. The van der Waals surface area contributed by atoms with E-state index in [4.69, 9.17) is 14.7 Å². The lowest BCUT2D eigenvalue weighted by molar-refractivity contribution is 0.129. The van der Waals surface area contributed by atoms with Crippen molar-refractivity contribution in [3.05, 3.63) is 0 Å². The lowest BCUT2D eigenvalue weighted by Crippen LogP contribution is -2.47. The van der Waals surface area contributed by atoms with Crippen molar-refractivity contribution in [3.63, 3.8) is 0 Å². The summed E-state index contributed by atoms with van der Waals surface area (Å²) in [5.41, 5.74) is 0. The highest BCUT2D eigenvalue weighted by molar-refractivity contribution is 7.72. The maximum absolute atomic E-state index is 12.4. The first-order valence-electron chi connectivity index (χ1n) is 10.9. The molecule has 2 heterocycles. The van der Waals surface area contributed by atoms with Gasteiger partial charge in [0.2, 0.25) is 7.37 Å². The van der Waals surface area contributed by atoms with Gasteiger partial charge in [0, 0.05) is 39.3 Å². The molecule has 0 spiro atoms. The van der Waals surface area contributed by atoms with Gasteiger partial charge in [0.1, 0.15) is 5.90 Å². The maximum Gasteiger partial charge on any atom is 0.515 e. The Morgan fingerprint density at radius 3 is 1.48 bits per heavy atom. The van der Waals surface area contributed by atoms with Gasteiger partial charge in [-0.25, -0.2) is 0 Å². The third kappa shape index (κ3) is 12.8. The fourth-order valence-corrected chi connectivity index (χ4v) is 10.6. The topological polar surface area (TPSA) is 182 Å². The van der Waals surface area contributed by atoms with Gasteiger partial charge in [0.15, 0.2) is 0 Å². The number of rotatable bonds is 8.